The molecule has 0 aliphatic carbocycles. The minimum Gasteiger partial charge on any atom is -0.376 e. The van der Waals surface area contributed by atoms with Crippen molar-refractivity contribution in [1.82, 2.24) is 14.4 Å². The quantitative estimate of drug-likeness (QED) is 0.548. The molecule has 0 radical (unpaired) electrons. The lowest BCUT2D eigenvalue weighted by molar-refractivity contribution is 0.378. The van der Waals surface area contributed by atoms with Crippen LogP contribution in [-0.4, -0.2) is 36.0 Å². The number of benzene rings is 2. The molecule has 0 spiro atoms. The summed E-state index contributed by atoms with van der Waals surface area (Å²) in [4.78, 5) is 4.44. The molecule has 0 aliphatic rings. The van der Waals surface area contributed by atoms with Crippen LogP contribution in [0, 0.1) is 0 Å². The molecule has 9 heteroatoms. The highest BCUT2D eigenvalue weighted by molar-refractivity contribution is 7.89. The van der Waals surface area contributed by atoms with Gasteiger partial charge in [0.1, 0.15) is 4.90 Å². The van der Waals surface area contributed by atoms with Crippen molar-refractivity contribution in [3.05, 3.63) is 70.8 Å². The van der Waals surface area contributed by atoms with Crippen molar-refractivity contribution in [2.45, 2.75) is 31.7 Å². The van der Waals surface area contributed by atoms with E-state index in [1.54, 1.807) is 26.0 Å². The molecular formula is C20H23ClN4O3S. The Labute approximate surface area is 175 Å². The van der Waals surface area contributed by atoms with Crippen molar-refractivity contribution in [2.75, 3.05) is 18.4 Å². The molecule has 29 heavy (non-hydrogen) atoms. The summed E-state index contributed by atoms with van der Waals surface area (Å²) in [6.07, 6.45) is 0.581. The Morgan fingerprint density at radius 3 is 2.52 bits per heavy atom. The lowest BCUT2D eigenvalue weighted by Crippen LogP contribution is -2.30. The number of aromatic nitrogens is 2. The number of rotatable bonds is 9. The smallest absolute Gasteiger partial charge is 0.245 e. The summed E-state index contributed by atoms with van der Waals surface area (Å²) in [5.41, 5.74) is 1.69. The van der Waals surface area contributed by atoms with E-state index in [1.807, 2.05) is 30.3 Å². The summed E-state index contributed by atoms with van der Waals surface area (Å²) in [5.74, 6) is 1.01. The maximum Gasteiger partial charge on any atom is 0.245 e. The molecule has 0 amide bonds. The van der Waals surface area contributed by atoms with Gasteiger partial charge in [-0.05, 0) is 23.8 Å². The summed E-state index contributed by atoms with van der Waals surface area (Å²) in [6.45, 7) is 4.60. The van der Waals surface area contributed by atoms with Crippen molar-refractivity contribution in [2.24, 2.45) is 0 Å². The molecule has 0 atom stereocenters. The van der Waals surface area contributed by atoms with Crippen molar-refractivity contribution in [3.8, 4) is 0 Å². The Bertz CT molecular complexity index is 1050. The summed E-state index contributed by atoms with van der Waals surface area (Å²) in [5, 5.41) is 7.29. The molecule has 154 valence electrons. The summed E-state index contributed by atoms with van der Waals surface area (Å²) >= 11 is 6.16. The maximum atomic E-state index is 12.8. The van der Waals surface area contributed by atoms with E-state index in [0.29, 0.717) is 36.9 Å². The first-order chi connectivity index (χ1) is 13.9. The topological polar surface area (TPSA) is 88.3 Å². The average Bonchev–Trinajstić information content (AvgIpc) is 3.16. The lowest BCUT2D eigenvalue weighted by atomic mass is 10.1. The first-order valence-electron chi connectivity index (χ1n) is 9.33. The zero-order valence-corrected chi connectivity index (χ0v) is 17.9. The molecule has 0 aliphatic heterocycles. The molecule has 2 aromatic carbocycles. The van der Waals surface area contributed by atoms with Gasteiger partial charge in [-0.15, -0.1) is 0 Å². The fourth-order valence-electron chi connectivity index (χ4n) is 2.90. The third kappa shape index (κ3) is 5.14. The fourth-order valence-corrected chi connectivity index (χ4v) is 4.86. The minimum atomic E-state index is -3.66. The van der Waals surface area contributed by atoms with Crippen molar-refractivity contribution < 1.29 is 12.9 Å². The minimum absolute atomic E-state index is 0.0724. The molecule has 0 unspecified atom stereocenters. The number of anilines is 1. The second-order valence-corrected chi connectivity index (χ2v) is 8.67. The van der Waals surface area contributed by atoms with E-state index in [-0.39, 0.29) is 16.5 Å². The Morgan fingerprint density at radius 1 is 1.10 bits per heavy atom. The molecule has 7 nitrogen and oxygen atoms in total. The van der Waals surface area contributed by atoms with Gasteiger partial charge in [0.05, 0.1) is 11.6 Å². The maximum absolute atomic E-state index is 12.8. The monoisotopic (exact) mass is 434 g/mol. The normalized spacial score (nSPS) is 11.7. The molecule has 1 heterocycles. The van der Waals surface area contributed by atoms with Crippen LogP contribution in [0.15, 0.2) is 57.9 Å². The molecule has 0 fully saturated rings. The van der Waals surface area contributed by atoms with E-state index in [1.165, 1.54) is 10.4 Å². The predicted molar refractivity (Wildman–Crippen MR) is 112 cm³/mol. The van der Waals surface area contributed by atoms with E-state index in [0.717, 1.165) is 5.56 Å². The van der Waals surface area contributed by atoms with Crippen LogP contribution in [0.1, 0.15) is 31.1 Å². The fraction of sp³-hybridized carbons (Fsp3) is 0.300. The number of halogens is 1. The van der Waals surface area contributed by atoms with Crippen LogP contribution >= 0.6 is 11.6 Å². The zero-order chi connectivity index (χ0) is 20.9. The summed E-state index contributed by atoms with van der Waals surface area (Å²) in [6, 6.07) is 14.7. The zero-order valence-electron chi connectivity index (χ0n) is 16.3. The van der Waals surface area contributed by atoms with E-state index in [4.69, 9.17) is 16.1 Å². The van der Waals surface area contributed by atoms with Gasteiger partial charge in [0.2, 0.25) is 15.9 Å². The highest BCUT2D eigenvalue weighted by Gasteiger charge is 2.24. The van der Waals surface area contributed by atoms with E-state index in [2.05, 4.69) is 15.5 Å². The molecule has 0 bridgehead atoms. The molecule has 0 saturated heterocycles. The van der Waals surface area contributed by atoms with Gasteiger partial charge >= 0.3 is 0 Å². The first kappa shape index (κ1) is 21.3. The van der Waals surface area contributed by atoms with Gasteiger partial charge in [0.15, 0.2) is 5.82 Å². The van der Waals surface area contributed by atoms with Gasteiger partial charge < -0.3 is 9.84 Å². The van der Waals surface area contributed by atoms with Crippen LogP contribution in [0.2, 0.25) is 5.02 Å². The second kappa shape index (κ2) is 9.39. The van der Waals surface area contributed by atoms with Crippen LogP contribution < -0.4 is 5.32 Å². The largest absolute Gasteiger partial charge is 0.376 e. The molecule has 3 aromatic rings. The van der Waals surface area contributed by atoms with Gasteiger partial charge in [-0.25, -0.2) is 8.42 Å². The van der Waals surface area contributed by atoms with E-state index >= 15 is 0 Å². The molecule has 0 saturated carbocycles. The van der Waals surface area contributed by atoms with Gasteiger partial charge in [-0.2, -0.15) is 9.29 Å². The van der Waals surface area contributed by atoms with Crippen LogP contribution in [-0.2, 0) is 23.0 Å². The predicted octanol–water partition coefficient (Wildman–Crippen LogP) is 3.96. The molecular weight excluding hydrogens is 412 g/mol. The Morgan fingerprint density at radius 2 is 1.83 bits per heavy atom. The van der Waals surface area contributed by atoms with Crippen LogP contribution in [0.3, 0.4) is 0 Å². The Hall–Kier alpha value is -2.42. The Balaban J connectivity index is 1.70. The summed E-state index contributed by atoms with van der Waals surface area (Å²) < 4.78 is 32.2. The number of nitrogens with zero attached hydrogens (tertiary/aromatic N) is 3. The lowest BCUT2D eigenvalue weighted by Gasteiger charge is -2.19. The highest BCUT2D eigenvalue weighted by atomic mass is 35.5. The molecule has 1 aromatic heterocycles. The highest BCUT2D eigenvalue weighted by Crippen LogP contribution is 2.28. The second-order valence-electron chi connectivity index (χ2n) is 6.35. The van der Waals surface area contributed by atoms with Gasteiger partial charge in [-0.3, -0.25) is 0 Å². The van der Waals surface area contributed by atoms with Crippen LogP contribution in [0.25, 0.3) is 0 Å². The van der Waals surface area contributed by atoms with E-state index in [9.17, 15) is 8.42 Å². The van der Waals surface area contributed by atoms with Crippen molar-refractivity contribution in [3.63, 3.8) is 0 Å². The number of sulfonamides is 1. The standard InChI is InChI=1S/C20H23ClN4O3S/c1-3-25(4-2)29(26,27)18-13-16(10-11-17(18)21)22-14-20-23-19(24-28-20)12-15-8-6-5-7-9-15/h5-11,13,22H,3-4,12,14H2,1-2H3. The van der Waals surface area contributed by atoms with Gasteiger partial charge in [-0.1, -0.05) is 60.9 Å². The molecule has 1 N–H and O–H groups in total. The van der Waals surface area contributed by atoms with Gasteiger partial charge in [0, 0.05) is 25.2 Å². The van der Waals surface area contributed by atoms with Crippen LogP contribution in [0.5, 0.6) is 0 Å². The third-order valence-electron chi connectivity index (χ3n) is 4.41. The van der Waals surface area contributed by atoms with Crippen LogP contribution in [0.4, 0.5) is 5.69 Å². The first-order valence-corrected chi connectivity index (χ1v) is 11.1. The van der Waals surface area contributed by atoms with E-state index < -0.39 is 10.0 Å². The number of hydrogen-bond acceptors (Lipinski definition) is 6. The van der Waals surface area contributed by atoms with Crippen molar-refractivity contribution >= 4 is 27.3 Å². The molecule has 3 rings (SSSR count). The Kier molecular flexibility index (Phi) is 6.89. The number of nitrogens with one attached hydrogen (secondary N) is 1. The summed E-state index contributed by atoms with van der Waals surface area (Å²) in [7, 11) is -3.66. The average molecular weight is 435 g/mol. The SMILES string of the molecule is CCN(CC)S(=O)(=O)c1cc(NCc2nc(Cc3ccccc3)no2)ccc1Cl. The van der Waals surface area contributed by atoms with Crippen molar-refractivity contribution in [1.29, 1.82) is 0 Å². The third-order valence-corrected chi connectivity index (χ3v) is 6.94. The van der Waals surface area contributed by atoms with Gasteiger partial charge in [0.25, 0.3) is 0 Å². The number of hydrogen-bond donors (Lipinski definition) is 1.